The molecular weight excluding hydrogens is 366 g/mol. The Balaban J connectivity index is 2.24. The number of amides is 2. The molecule has 2 atom stereocenters. The summed E-state index contributed by atoms with van der Waals surface area (Å²) in [4.78, 5) is 27.1. The number of benzene rings is 1. The third-order valence-corrected chi connectivity index (χ3v) is 6.23. The highest BCUT2D eigenvalue weighted by Gasteiger charge is 2.62. The normalized spacial score (nSPS) is 27.6. The van der Waals surface area contributed by atoms with Crippen LogP contribution in [-0.2, 0) is 10.3 Å². The number of carbonyl (C=O) groups excluding carboxylic acids is 1. The van der Waals surface area contributed by atoms with Gasteiger partial charge in [-0.25, -0.2) is 13.6 Å². The van der Waals surface area contributed by atoms with Crippen LogP contribution in [0.1, 0.15) is 65.4 Å². The van der Waals surface area contributed by atoms with E-state index in [-0.39, 0.29) is 11.5 Å². The molecule has 3 rings (SSSR count). The zero-order valence-corrected chi connectivity index (χ0v) is 16.8. The summed E-state index contributed by atoms with van der Waals surface area (Å²) in [6, 6.07) is 2.39. The van der Waals surface area contributed by atoms with Gasteiger partial charge in [0.25, 0.3) is 0 Å². The third kappa shape index (κ3) is 3.14. The molecule has 1 spiro atoms. The summed E-state index contributed by atoms with van der Waals surface area (Å²) < 4.78 is 28.0. The van der Waals surface area contributed by atoms with E-state index >= 15 is 0 Å². The molecule has 0 radical (unpaired) electrons. The van der Waals surface area contributed by atoms with Crippen LogP contribution >= 0.6 is 0 Å². The van der Waals surface area contributed by atoms with Crippen molar-refractivity contribution < 1.29 is 23.5 Å². The first kappa shape index (κ1) is 20.6. The fourth-order valence-corrected chi connectivity index (χ4v) is 5.27. The summed E-state index contributed by atoms with van der Waals surface area (Å²) in [5.41, 5.74) is -2.81. The maximum absolute atomic E-state index is 14.0. The highest BCUT2D eigenvalue weighted by atomic mass is 19.1. The minimum absolute atomic E-state index is 0.218. The van der Waals surface area contributed by atoms with Crippen LogP contribution < -0.4 is 5.32 Å². The zero-order valence-electron chi connectivity index (χ0n) is 16.8. The van der Waals surface area contributed by atoms with E-state index in [1.54, 1.807) is 6.92 Å². The second kappa shape index (κ2) is 6.71. The molecule has 2 aliphatic rings. The molecule has 7 heteroatoms. The van der Waals surface area contributed by atoms with Gasteiger partial charge in [-0.1, -0.05) is 40.0 Å². The van der Waals surface area contributed by atoms with E-state index in [4.69, 9.17) is 0 Å². The van der Waals surface area contributed by atoms with Crippen molar-refractivity contribution in [2.24, 2.45) is 5.41 Å². The highest BCUT2D eigenvalue weighted by molar-refractivity contribution is 5.92. The summed E-state index contributed by atoms with van der Waals surface area (Å²) in [5.74, 6) is -1.92. The van der Waals surface area contributed by atoms with Gasteiger partial charge in [-0.05, 0) is 42.9 Å². The lowest BCUT2D eigenvalue weighted by molar-refractivity contribution is -0.155. The number of hydrogen-bond donors (Lipinski definition) is 2. The summed E-state index contributed by atoms with van der Waals surface area (Å²) in [5, 5.41) is 13.2. The van der Waals surface area contributed by atoms with Gasteiger partial charge in [-0.3, -0.25) is 9.69 Å². The second-order valence-corrected chi connectivity index (χ2v) is 9.33. The van der Waals surface area contributed by atoms with Crippen molar-refractivity contribution in [3.8, 4) is 0 Å². The lowest BCUT2D eigenvalue weighted by Crippen LogP contribution is -2.79. The first-order valence-corrected chi connectivity index (χ1v) is 9.73. The van der Waals surface area contributed by atoms with E-state index < -0.39 is 40.3 Å². The lowest BCUT2D eigenvalue weighted by Gasteiger charge is -2.60. The molecule has 0 aromatic heterocycles. The fourth-order valence-electron chi connectivity index (χ4n) is 5.27. The summed E-state index contributed by atoms with van der Waals surface area (Å²) in [6.45, 7) is 7.31. The van der Waals surface area contributed by atoms with Gasteiger partial charge < -0.3 is 10.4 Å². The van der Waals surface area contributed by atoms with Crippen molar-refractivity contribution >= 4 is 12.0 Å². The molecule has 154 valence electrons. The van der Waals surface area contributed by atoms with E-state index in [9.17, 15) is 23.5 Å². The maximum Gasteiger partial charge on any atom is 0.408 e. The van der Waals surface area contributed by atoms with E-state index in [1.807, 2.05) is 20.8 Å². The molecule has 1 aliphatic carbocycles. The molecule has 1 saturated heterocycles. The van der Waals surface area contributed by atoms with Crippen molar-refractivity contribution in [1.82, 2.24) is 10.2 Å². The Labute approximate surface area is 164 Å². The molecule has 2 N–H and O–H groups in total. The Morgan fingerprint density at radius 1 is 1.14 bits per heavy atom. The molecule has 0 bridgehead atoms. The summed E-state index contributed by atoms with van der Waals surface area (Å²) in [7, 11) is 0. The molecule has 2 fully saturated rings. The van der Waals surface area contributed by atoms with Gasteiger partial charge in [0.05, 0.1) is 11.6 Å². The van der Waals surface area contributed by atoms with Gasteiger partial charge in [-0.2, -0.15) is 0 Å². The molecule has 1 saturated carbocycles. The molecule has 1 aromatic rings. The average molecular weight is 394 g/mol. The van der Waals surface area contributed by atoms with Crippen LogP contribution in [0.4, 0.5) is 13.6 Å². The summed E-state index contributed by atoms with van der Waals surface area (Å²) >= 11 is 0. The van der Waals surface area contributed by atoms with Gasteiger partial charge in [0, 0.05) is 6.07 Å². The first-order valence-electron chi connectivity index (χ1n) is 9.73. The SMILES string of the molecule is CC(C)(C)C1N(C(=O)O)C2(CCCCC2)C(=O)N[C@]1(C)c1cc(F)cc(F)c1. The van der Waals surface area contributed by atoms with Crippen LogP contribution in [-0.4, -0.2) is 33.6 Å². The number of piperazine rings is 1. The Hall–Kier alpha value is -2.18. The average Bonchev–Trinajstić information content (AvgIpc) is 2.56. The van der Waals surface area contributed by atoms with Gasteiger partial charge in [0.1, 0.15) is 17.2 Å². The van der Waals surface area contributed by atoms with Crippen LogP contribution in [0, 0.1) is 17.0 Å². The Kier molecular flexibility index (Phi) is 4.92. The molecule has 1 aromatic carbocycles. The van der Waals surface area contributed by atoms with Crippen molar-refractivity contribution in [2.45, 2.75) is 76.9 Å². The topological polar surface area (TPSA) is 69.6 Å². The van der Waals surface area contributed by atoms with E-state index in [0.29, 0.717) is 12.8 Å². The number of carboxylic acid groups (broad SMARTS) is 1. The lowest BCUT2D eigenvalue weighted by atomic mass is 9.65. The number of nitrogens with zero attached hydrogens (tertiary/aromatic N) is 1. The van der Waals surface area contributed by atoms with E-state index in [0.717, 1.165) is 25.3 Å². The predicted octanol–water partition coefficient (Wildman–Crippen LogP) is 4.41. The van der Waals surface area contributed by atoms with Crippen LogP contribution in [0.3, 0.4) is 0 Å². The van der Waals surface area contributed by atoms with Crippen molar-refractivity contribution in [1.29, 1.82) is 0 Å². The standard InChI is InChI=1S/C21H28F2N2O3/c1-19(2,3)16-20(4,13-10-14(22)12-15(23)11-13)24-17(26)21(25(16)18(27)28)8-6-5-7-9-21/h10-12,16H,5-9H2,1-4H3,(H,24,26)(H,27,28)/t16?,20-/m1/s1. The molecule has 2 amide bonds. The molecular formula is C21H28F2N2O3. The van der Waals surface area contributed by atoms with E-state index in [2.05, 4.69) is 5.32 Å². The van der Waals surface area contributed by atoms with Gasteiger partial charge in [0.2, 0.25) is 5.91 Å². The second-order valence-electron chi connectivity index (χ2n) is 9.33. The summed E-state index contributed by atoms with van der Waals surface area (Å²) in [6.07, 6.45) is 2.20. The van der Waals surface area contributed by atoms with Gasteiger partial charge in [-0.15, -0.1) is 0 Å². The Morgan fingerprint density at radius 3 is 2.14 bits per heavy atom. The Bertz CT molecular complexity index is 779. The number of hydrogen-bond acceptors (Lipinski definition) is 2. The fraction of sp³-hybridized carbons (Fsp3) is 0.619. The number of nitrogens with one attached hydrogen (secondary N) is 1. The van der Waals surface area contributed by atoms with Crippen LogP contribution in [0.25, 0.3) is 0 Å². The Morgan fingerprint density at radius 2 is 1.68 bits per heavy atom. The van der Waals surface area contributed by atoms with Crippen LogP contribution in [0.5, 0.6) is 0 Å². The smallest absolute Gasteiger partial charge is 0.408 e. The van der Waals surface area contributed by atoms with Gasteiger partial charge in [0.15, 0.2) is 0 Å². The monoisotopic (exact) mass is 394 g/mol. The molecule has 1 heterocycles. The number of halogens is 2. The molecule has 1 unspecified atom stereocenters. The number of rotatable bonds is 1. The molecule has 28 heavy (non-hydrogen) atoms. The van der Waals surface area contributed by atoms with Crippen LogP contribution in [0.2, 0.25) is 0 Å². The zero-order chi connectivity index (χ0) is 20.9. The quantitative estimate of drug-likeness (QED) is 0.741. The largest absolute Gasteiger partial charge is 0.465 e. The third-order valence-electron chi connectivity index (χ3n) is 6.23. The van der Waals surface area contributed by atoms with Crippen molar-refractivity contribution in [2.75, 3.05) is 0 Å². The highest BCUT2D eigenvalue weighted by Crippen LogP contribution is 2.49. The van der Waals surface area contributed by atoms with Crippen molar-refractivity contribution in [3.63, 3.8) is 0 Å². The minimum atomic E-state index is -1.28. The van der Waals surface area contributed by atoms with Crippen LogP contribution in [0.15, 0.2) is 18.2 Å². The first-order chi connectivity index (χ1) is 12.9. The molecule has 5 nitrogen and oxygen atoms in total. The minimum Gasteiger partial charge on any atom is -0.465 e. The maximum atomic E-state index is 14.0. The number of carbonyl (C=O) groups is 2. The van der Waals surface area contributed by atoms with Crippen molar-refractivity contribution in [3.05, 3.63) is 35.4 Å². The van der Waals surface area contributed by atoms with E-state index in [1.165, 1.54) is 17.0 Å². The molecule has 1 aliphatic heterocycles. The van der Waals surface area contributed by atoms with Gasteiger partial charge >= 0.3 is 6.09 Å². The predicted molar refractivity (Wildman–Crippen MR) is 101 cm³/mol.